The summed E-state index contributed by atoms with van der Waals surface area (Å²) in [5.41, 5.74) is 3.26. The molecule has 0 saturated carbocycles. The van der Waals surface area contributed by atoms with Crippen molar-refractivity contribution in [1.29, 1.82) is 0 Å². The van der Waals surface area contributed by atoms with Crippen molar-refractivity contribution in [2.45, 2.75) is 18.9 Å². The Morgan fingerprint density at radius 2 is 2.25 bits per heavy atom. The molecule has 1 aliphatic carbocycles. The van der Waals surface area contributed by atoms with Crippen LogP contribution in [0.4, 0.5) is 11.4 Å². The van der Waals surface area contributed by atoms with E-state index in [0.29, 0.717) is 4.47 Å². The van der Waals surface area contributed by atoms with Crippen LogP contribution in [-0.4, -0.2) is 9.91 Å². The Hall–Kier alpha value is -1.95. The highest BCUT2D eigenvalue weighted by molar-refractivity contribution is 9.10. The molecule has 0 radical (unpaired) electrons. The van der Waals surface area contributed by atoms with Gasteiger partial charge in [0.05, 0.1) is 21.1 Å². The van der Waals surface area contributed by atoms with Crippen molar-refractivity contribution in [2.24, 2.45) is 0 Å². The molecule has 0 bridgehead atoms. The van der Waals surface area contributed by atoms with Crippen LogP contribution in [0.1, 0.15) is 23.7 Å². The van der Waals surface area contributed by atoms with Gasteiger partial charge in [0.15, 0.2) is 0 Å². The zero-order valence-electron chi connectivity index (χ0n) is 10.5. The first-order valence-electron chi connectivity index (χ1n) is 6.29. The number of anilines is 1. The summed E-state index contributed by atoms with van der Waals surface area (Å²) in [5, 5.41) is 14.2. The molecule has 1 aromatic heterocycles. The third kappa shape index (κ3) is 2.38. The predicted molar refractivity (Wildman–Crippen MR) is 79.7 cm³/mol. The van der Waals surface area contributed by atoms with E-state index in [0.717, 1.165) is 24.2 Å². The first kappa shape index (κ1) is 13.1. The van der Waals surface area contributed by atoms with E-state index >= 15 is 0 Å². The van der Waals surface area contributed by atoms with E-state index in [4.69, 9.17) is 0 Å². The highest BCUT2D eigenvalue weighted by Gasteiger charge is 2.23. The minimum absolute atomic E-state index is 0.0699. The van der Waals surface area contributed by atoms with Gasteiger partial charge in [-0.3, -0.25) is 15.1 Å². The van der Waals surface area contributed by atoms with Gasteiger partial charge in [-0.05, 0) is 52.5 Å². The maximum atomic E-state index is 10.8. The largest absolute Gasteiger partial charge is 0.377 e. The standard InChI is InChI=1S/C14H12BrN3O2/c15-11-8-10(4-6-13(11)18(19)20)17-12-5-3-9-2-1-7-16-14(9)12/h1-2,4,6-8,12,17H,3,5H2. The fraction of sp³-hybridized carbons (Fsp3) is 0.214. The Balaban J connectivity index is 1.83. The van der Waals surface area contributed by atoms with Crippen LogP contribution in [0.25, 0.3) is 0 Å². The molecular formula is C14H12BrN3O2. The minimum Gasteiger partial charge on any atom is -0.377 e. The van der Waals surface area contributed by atoms with Crippen molar-refractivity contribution in [1.82, 2.24) is 4.98 Å². The third-order valence-corrected chi connectivity index (χ3v) is 4.08. The van der Waals surface area contributed by atoms with Crippen LogP contribution in [0.5, 0.6) is 0 Å². The maximum Gasteiger partial charge on any atom is 0.283 e. The molecule has 0 fully saturated rings. The zero-order valence-corrected chi connectivity index (χ0v) is 12.1. The summed E-state index contributed by atoms with van der Waals surface area (Å²) >= 11 is 3.23. The normalized spacial score (nSPS) is 16.8. The monoisotopic (exact) mass is 333 g/mol. The summed E-state index contributed by atoms with van der Waals surface area (Å²) in [6, 6.07) is 9.17. The van der Waals surface area contributed by atoms with Gasteiger partial charge in [-0.1, -0.05) is 6.07 Å². The number of hydrogen-bond acceptors (Lipinski definition) is 4. The molecule has 102 valence electrons. The van der Waals surface area contributed by atoms with Gasteiger partial charge < -0.3 is 5.32 Å². The summed E-state index contributed by atoms with van der Waals surface area (Å²) in [5.74, 6) is 0. The van der Waals surface area contributed by atoms with Crippen LogP contribution < -0.4 is 5.32 Å². The third-order valence-electron chi connectivity index (χ3n) is 3.44. The average Bonchev–Trinajstić information content (AvgIpc) is 2.82. The molecule has 0 saturated heterocycles. The van der Waals surface area contributed by atoms with Gasteiger partial charge in [-0.2, -0.15) is 0 Å². The Morgan fingerprint density at radius 1 is 1.40 bits per heavy atom. The zero-order chi connectivity index (χ0) is 14.1. The second kappa shape index (κ2) is 5.20. The van der Waals surface area contributed by atoms with Crippen LogP contribution >= 0.6 is 15.9 Å². The Bertz CT molecular complexity index is 675. The molecule has 5 nitrogen and oxygen atoms in total. The molecule has 0 spiro atoms. The highest BCUT2D eigenvalue weighted by atomic mass is 79.9. The van der Waals surface area contributed by atoms with Crippen molar-refractivity contribution in [3.8, 4) is 0 Å². The Morgan fingerprint density at radius 3 is 3.00 bits per heavy atom. The van der Waals surface area contributed by atoms with E-state index in [1.165, 1.54) is 11.6 Å². The molecule has 1 aromatic carbocycles. The highest BCUT2D eigenvalue weighted by Crippen LogP contribution is 2.34. The molecule has 1 unspecified atom stereocenters. The SMILES string of the molecule is O=[N+]([O-])c1ccc(NC2CCc3cccnc32)cc1Br. The molecule has 1 heterocycles. The molecule has 1 aliphatic rings. The number of fused-ring (bicyclic) bond motifs is 1. The van der Waals surface area contributed by atoms with Gasteiger partial charge in [0.1, 0.15) is 0 Å². The summed E-state index contributed by atoms with van der Waals surface area (Å²) in [4.78, 5) is 14.8. The van der Waals surface area contributed by atoms with E-state index in [-0.39, 0.29) is 11.7 Å². The number of hydrogen-bond donors (Lipinski definition) is 1. The first-order valence-corrected chi connectivity index (χ1v) is 7.09. The summed E-state index contributed by atoms with van der Waals surface area (Å²) in [7, 11) is 0. The van der Waals surface area contributed by atoms with Crippen molar-refractivity contribution >= 4 is 27.3 Å². The summed E-state index contributed by atoms with van der Waals surface area (Å²) < 4.78 is 0.478. The smallest absolute Gasteiger partial charge is 0.283 e. The fourth-order valence-corrected chi connectivity index (χ4v) is 3.02. The predicted octanol–water partition coefficient (Wildman–Crippen LogP) is 3.85. The van der Waals surface area contributed by atoms with E-state index in [2.05, 4.69) is 32.3 Å². The number of nitrogens with one attached hydrogen (secondary N) is 1. The minimum atomic E-state index is -0.402. The first-order chi connectivity index (χ1) is 9.65. The molecule has 6 heteroatoms. The topological polar surface area (TPSA) is 68.1 Å². The van der Waals surface area contributed by atoms with Crippen LogP contribution in [0, 0.1) is 10.1 Å². The number of benzene rings is 1. The second-order valence-electron chi connectivity index (χ2n) is 4.71. The van der Waals surface area contributed by atoms with Gasteiger partial charge in [-0.25, -0.2) is 0 Å². The molecule has 2 aromatic rings. The van der Waals surface area contributed by atoms with E-state index in [9.17, 15) is 10.1 Å². The second-order valence-corrected chi connectivity index (χ2v) is 5.56. The Labute approximate surface area is 124 Å². The molecule has 0 aliphatic heterocycles. The molecule has 0 amide bonds. The van der Waals surface area contributed by atoms with Crippen molar-refractivity contribution in [2.75, 3.05) is 5.32 Å². The lowest BCUT2D eigenvalue weighted by Gasteiger charge is -2.14. The van der Waals surface area contributed by atoms with Gasteiger partial charge in [0, 0.05) is 18.0 Å². The van der Waals surface area contributed by atoms with Gasteiger partial charge in [0.2, 0.25) is 0 Å². The van der Waals surface area contributed by atoms with Crippen molar-refractivity contribution in [3.63, 3.8) is 0 Å². The Kier molecular flexibility index (Phi) is 3.40. The number of nitro groups is 1. The van der Waals surface area contributed by atoms with Crippen LogP contribution in [0.15, 0.2) is 41.0 Å². The quantitative estimate of drug-likeness (QED) is 0.684. The number of rotatable bonds is 3. The number of nitrogens with zero attached hydrogens (tertiary/aromatic N) is 2. The molecule has 20 heavy (non-hydrogen) atoms. The number of aryl methyl sites for hydroxylation is 1. The lowest BCUT2D eigenvalue weighted by Crippen LogP contribution is -2.08. The summed E-state index contributed by atoms with van der Waals surface area (Å²) in [6.07, 6.45) is 3.79. The molecular weight excluding hydrogens is 322 g/mol. The average molecular weight is 334 g/mol. The van der Waals surface area contributed by atoms with Crippen LogP contribution in [0.2, 0.25) is 0 Å². The van der Waals surface area contributed by atoms with E-state index in [1.54, 1.807) is 18.3 Å². The number of nitro benzene ring substituents is 1. The lowest BCUT2D eigenvalue weighted by atomic mass is 10.2. The number of pyridine rings is 1. The number of halogens is 1. The van der Waals surface area contributed by atoms with Gasteiger partial charge in [-0.15, -0.1) is 0 Å². The van der Waals surface area contributed by atoms with Crippen LogP contribution in [-0.2, 0) is 6.42 Å². The van der Waals surface area contributed by atoms with Crippen molar-refractivity contribution < 1.29 is 4.92 Å². The molecule has 3 rings (SSSR count). The van der Waals surface area contributed by atoms with E-state index in [1.807, 2.05) is 6.07 Å². The van der Waals surface area contributed by atoms with E-state index < -0.39 is 4.92 Å². The van der Waals surface area contributed by atoms with Crippen LogP contribution in [0.3, 0.4) is 0 Å². The number of aromatic nitrogens is 1. The lowest BCUT2D eigenvalue weighted by molar-refractivity contribution is -0.385. The van der Waals surface area contributed by atoms with Gasteiger partial charge >= 0.3 is 0 Å². The van der Waals surface area contributed by atoms with Gasteiger partial charge in [0.25, 0.3) is 5.69 Å². The van der Waals surface area contributed by atoms with Crippen molar-refractivity contribution in [3.05, 3.63) is 62.4 Å². The fourth-order valence-electron chi connectivity index (χ4n) is 2.50. The maximum absolute atomic E-state index is 10.8. The molecule has 1 N–H and O–H groups in total. The molecule has 1 atom stereocenters. The summed E-state index contributed by atoms with van der Waals surface area (Å²) in [6.45, 7) is 0.